The molecule has 1 fully saturated rings. The molecule has 140 valence electrons. The van der Waals surface area contributed by atoms with Crippen LogP contribution in [-0.2, 0) is 4.79 Å². The molecule has 0 bridgehead atoms. The number of hydrogen-bond donors (Lipinski definition) is 4. The van der Waals surface area contributed by atoms with Gasteiger partial charge < -0.3 is 21.1 Å². The van der Waals surface area contributed by atoms with Crippen LogP contribution >= 0.6 is 11.8 Å². The Morgan fingerprint density at radius 1 is 1.33 bits per heavy atom. The number of hydrogen-bond acceptors (Lipinski definition) is 5. The van der Waals surface area contributed by atoms with Gasteiger partial charge in [0, 0.05) is 37.0 Å². The van der Waals surface area contributed by atoms with E-state index in [0.29, 0.717) is 6.54 Å². The topological polar surface area (TPSA) is 93.7 Å². The zero-order valence-electron chi connectivity index (χ0n) is 15.0. The molecular formula is C16H32N4O3S. The highest BCUT2D eigenvalue weighted by Gasteiger charge is 2.23. The molecule has 0 saturated carbocycles. The number of amides is 3. The molecule has 7 nitrogen and oxygen atoms in total. The summed E-state index contributed by atoms with van der Waals surface area (Å²) in [6, 6.07) is -0.143. The highest BCUT2D eigenvalue weighted by Crippen LogP contribution is 2.12. The highest BCUT2D eigenvalue weighted by molar-refractivity contribution is 7.99. The molecule has 1 rings (SSSR count). The van der Waals surface area contributed by atoms with E-state index in [1.807, 2.05) is 20.1 Å². The molecule has 0 aromatic carbocycles. The Balaban J connectivity index is 2.25. The number of likely N-dealkylation sites (tertiary alicyclic amines) is 1. The lowest BCUT2D eigenvalue weighted by atomic mass is 10.1. The van der Waals surface area contributed by atoms with Gasteiger partial charge in [0.15, 0.2) is 0 Å². The fourth-order valence-electron chi connectivity index (χ4n) is 2.72. The fraction of sp³-hybridized carbons (Fsp3) is 0.875. The Morgan fingerprint density at radius 2 is 2.00 bits per heavy atom. The van der Waals surface area contributed by atoms with E-state index in [-0.39, 0.29) is 35.9 Å². The van der Waals surface area contributed by atoms with Crippen molar-refractivity contribution in [1.82, 2.24) is 20.9 Å². The van der Waals surface area contributed by atoms with E-state index in [0.717, 1.165) is 38.9 Å². The van der Waals surface area contributed by atoms with Gasteiger partial charge in [0.05, 0.1) is 13.2 Å². The monoisotopic (exact) mass is 360 g/mol. The molecule has 0 aromatic rings. The first kappa shape index (κ1) is 21.1. The number of aliphatic hydroxyl groups is 1. The lowest BCUT2D eigenvalue weighted by Crippen LogP contribution is -2.52. The predicted octanol–water partition coefficient (Wildman–Crippen LogP) is 0.389. The molecule has 3 amide bonds. The summed E-state index contributed by atoms with van der Waals surface area (Å²) in [4.78, 5) is 25.9. The number of rotatable bonds is 9. The van der Waals surface area contributed by atoms with Crippen molar-refractivity contribution < 1.29 is 14.7 Å². The molecule has 0 radical (unpaired) electrons. The average molecular weight is 361 g/mol. The Kier molecular flexibility index (Phi) is 10.1. The first-order valence-corrected chi connectivity index (χ1v) is 9.98. The summed E-state index contributed by atoms with van der Waals surface area (Å²) in [5.41, 5.74) is 0. The van der Waals surface area contributed by atoms with Crippen LogP contribution in [0, 0.1) is 0 Å². The third-order valence-corrected chi connectivity index (χ3v) is 5.42. The summed E-state index contributed by atoms with van der Waals surface area (Å²) in [6.45, 7) is 6.75. The molecule has 1 saturated heterocycles. The third kappa shape index (κ3) is 7.72. The molecule has 24 heavy (non-hydrogen) atoms. The van der Waals surface area contributed by atoms with Crippen molar-refractivity contribution in [3.8, 4) is 0 Å². The van der Waals surface area contributed by atoms with Crippen molar-refractivity contribution >= 4 is 23.7 Å². The maximum Gasteiger partial charge on any atom is 0.315 e. The van der Waals surface area contributed by atoms with E-state index >= 15 is 0 Å². The second-order valence-electron chi connectivity index (χ2n) is 6.26. The van der Waals surface area contributed by atoms with E-state index in [4.69, 9.17) is 0 Å². The number of carbonyl (C=O) groups excluding carboxylic acids is 2. The van der Waals surface area contributed by atoms with Gasteiger partial charge in [0.2, 0.25) is 5.91 Å². The molecule has 1 aliphatic rings. The van der Waals surface area contributed by atoms with Crippen molar-refractivity contribution in [1.29, 1.82) is 0 Å². The number of nitrogens with one attached hydrogen (secondary N) is 3. The van der Waals surface area contributed by atoms with Crippen molar-refractivity contribution in [3.63, 3.8) is 0 Å². The second kappa shape index (κ2) is 11.5. The largest absolute Gasteiger partial charge is 0.395 e. The van der Waals surface area contributed by atoms with Gasteiger partial charge in [-0.1, -0.05) is 6.92 Å². The van der Waals surface area contributed by atoms with Crippen molar-refractivity contribution in [3.05, 3.63) is 0 Å². The van der Waals surface area contributed by atoms with Gasteiger partial charge in [-0.05, 0) is 32.4 Å². The highest BCUT2D eigenvalue weighted by atomic mass is 32.2. The van der Waals surface area contributed by atoms with E-state index in [9.17, 15) is 14.7 Å². The van der Waals surface area contributed by atoms with Crippen LogP contribution in [0.1, 0.15) is 33.1 Å². The minimum atomic E-state index is -0.186. The summed E-state index contributed by atoms with van der Waals surface area (Å²) in [5.74, 6) is 0.0712. The minimum Gasteiger partial charge on any atom is -0.395 e. The summed E-state index contributed by atoms with van der Waals surface area (Å²) in [5, 5.41) is 18.0. The Labute approximate surface area is 149 Å². The molecule has 0 aromatic heterocycles. The van der Waals surface area contributed by atoms with Gasteiger partial charge in [-0.25, -0.2) is 4.79 Å². The molecule has 1 heterocycles. The number of aliphatic hydroxyl groups excluding tert-OH is 1. The zero-order chi connectivity index (χ0) is 17.9. The van der Waals surface area contributed by atoms with Crippen LogP contribution in [0.4, 0.5) is 4.79 Å². The Bertz CT molecular complexity index is 386. The number of thioether (sulfide) groups is 1. The SMILES string of the molecule is CCCNC(=O)CN1CCC(NC(=O)NC(C)C(CO)SC)CC1. The zero-order valence-corrected chi connectivity index (χ0v) is 15.8. The van der Waals surface area contributed by atoms with E-state index in [1.54, 1.807) is 11.8 Å². The van der Waals surface area contributed by atoms with Gasteiger partial charge in [0.1, 0.15) is 0 Å². The van der Waals surface area contributed by atoms with Crippen LogP contribution in [0.5, 0.6) is 0 Å². The maximum absolute atomic E-state index is 12.0. The molecular weight excluding hydrogens is 328 g/mol. The van der Waals surface area contributed by atoms with E-state index in [1.165, 1.54) is 0 Å². The van der Waals surface area contributed by atoms with Gasteiger partial charge in [-0.15, -0.1) is 0 Å². The minimum absolute atomic E-state index is 0.000712. The summed E-state index contributed by atoms with van der Waals surface area (Å²) < 4.78 is 0. The van der Waals surface area contributed by atoms with Crippen LogP contribution < -0.4 is 16.0 Å². The molecule has 0 aliphatic carbocycles. The lowest BCUT2D eigenvalue weighted by Gasteiger charge is -2.32. The summed E-state index contributed by atoms with van der Waals surface area (Å²) in [6.07, 6.45) is 4.55. The quantitative estimate of drug-likeness (QED) is 0.477. The Hall–Kier alpha value is -0.990. The lowest BCUT2D eigenvalue weighted by molar-refractivity contribution is -0.122. The van der Waals surface area contributed by atoms with Gasteiger partial charge >= 0.3 is 6.03 Å². The average Bonchev–Trinajstić information content (AvgIpc) is 2.55. The second-order valence-corrected chi connectivity index (χ2v) is 7.34. The number of nitrogens with zero attached hydrogens (tertiary/aromatic N) is 1. The first-order chi connectivity index (χ1) is 11.5. The van der Waals surface area contributed by atoms with Gasteiger partial charge in [-0.2, -0.15) is 11.8 Å². The first-order valence-electron chi connectivity index (χ1n) is 8.69. The summed E-state index contributed by atoms with van der Waals surface area (Å²) >= 11 is 1.54. The predicted molar refractivity (Wildman–Crippen MR) is 98.3 cm³/mol. The number of carbonyl (C=O) groups is 2. The third-order valence-electron chi connectivity index (χ3n) is 4.26. The fourth-order valence-corrected chi connectivity index (χ4v) is 3.35. The van der Waals surface area contributed by atoms with Crippen LogP contribution in [0.2, 0.25) is 0 Å². The van der Waals surface area contributed by atoms with Crippen molar-refractivity contribution in [2.75, 3.05) is 39.0 Å². The molecule has 8 heteroatoms. The standard InChI is InChI=1S/C16H32N4O3S/c1-4-7-17-15(22)10-20-8-5-13(6-9-20)19-16(23)18-12(2)14(11-21)24-3/h12-14,21H,4-11H2,1-3H3,(H,17,22)(H2,18,19,23). The smallest absolute Gasteiger partial charge is 0.315 e. The van der Waals surface area contributed by atoms with Crippen LogP contribution in [0.15, 0.2) is 0 Å². The van der Waals surface area contributed by atoms with Crippen molar-refractivity contribution in [2.45, 2.75) is 50.4 Å². The maximum atomic E-state index is 12.0. The van der Waals surface area contributed by atoms with Gasteiger partial charge in [0.25, 0.3) is 0 Å². The summed E-state index contributed by atoms with van der Waals surface area (Å²) in [7, 11) is 0. The number of urea groups is 1. The van der Waals surface area contributed by atoms with Crippen molar-refractivity contribution in [2.24, 2.45) is 0 Å². The Morgan fingerprint density at radius 3 is 2.54 bits per heavy atom. The van der Waals surface area contributed by atoms with E-state index in [2.05, 4.69) is 20.9 Å². The van der Waals surface area contributed by atoms with Gasteiger partial charge in [-0.3, -0.25) is 9.69 Å². The number of piperidine rings is 1. The normalized spacial score (nSPS) is 18.7. The van der Waals surface area contributed by atoms with Crippen LogP contribution in [0.25, 0.3) is 0 Å². The van der Waals surface area contributed by atoms with Crippen LogP contribution in [0.3, 0.4) is 0 Å². The van der Waals surface area contributed by atoms with E-state index < -0.39 is 0 Å². The molecule has 1 aliphatic heterocycles. The van der Waals surface area contributed by atoms with Crippen LogP contribution in [-0.4, -0.2) is 78.3 Å². The molecule has 2 atom stereocenters. The molecule has 2 unspecified atom stereocenters. The molecule has 0 spiro atoms. The molecule has 4 N–H and O–H groups in total.